The fraction of sp³-hybridized carbons (Fsp3) is 0.391. The predicted molar refractivity (Wildman–Crippen MR) is 112 cm³/mol. The molecule has 29 heavy (non-hydrogen) atoms. The zero-order valence-electron chi connectivity index (χ0n) is 17.5. The van der Waals surface area contributed by atoms with Gasteiger partial charge in [-0.2, -0.15) is 0 Å². The summed E-state index contributed by atoms with van der Waals surface area (Å²) in [5.74, 6) is -0.339. The van der Waals surface area contributed by atoms with Gasteiger partial charge in [-0.1, -0.05) is 48.5 Å². The number of carbonyl (C=O) groups is 2. The van der Waals surface area contributed by atoms with Crippen LogP contribution in [0.25, 0.3) is 0 Å². The molecule has 1 aliphatic rings. The van der Waals surface area contributed by atoms with E-state index in [4.69, 9.17) is 4.74 Å². The Balaban J connectivity index is 1.71. The zero-order valence-corrected chi connectivity index (χ0v) is 17.5. The third kappa shape index (κ3) is 5.02. The number of nitrogens with zero attached hydrogens (tertiary/aromatic N) is 2. The Labute approximate surface area is 172 Å². The van der Waals surface area contributed by atoms with Crippen LogP contribution < -0.4 is 5.32 Å². The van der Waals surface area contributed by atoms with Crippen molar-refractivity contribution in [3.63, 3.8) is 0 Å². The van der Waals surface area contributed by atoms with E-state index in [1.807, 2.05) is 57.4 Å². The SMILES string of the molecule is Cc1ccccc1[C@@H]1[C@@H](C(=O)NCc2ccc(CN(C)C)cc2)OCC(=O)N1C. The first-order valence-corrected chi connectivity index (χ1v) is 9.80. The maximum Gasteiger partial charge on any atom is 0.251 e. The Kier molecular flexibility index (Phi) is 6.67. The molecule has 1 fully saturated rings. The second-order valence-corrected chi connectivity index (χ2v) is 7.81. The third-order valence-electron chi connectivity index (χ3n) is 5.24. The van der Waals surface area contributed by atoms with Crippen LogP contribution in [0, 0.1) is 6.92 Å². The molecule has 0 radical (unpaired) electrons. The number of amides is 2. The van der Waals surface area contributed by atoms with Gasteiger partial charge in [-0.25, -0.2) is 0 Å². The Morgan fingerprint density at radius 3 is 2.45 bits per heavy atom. The second kappa shape index (κ2) is 9.20. The van der Waals surface area contributed by atoms with Gasteiger partial charge < -0.3 is 19.9 Å². The minimum Gasteiger partial charge on any atom is -0.356 e. The van der Waals surface area contributed by atoms with E-state index in [9.17, 15) is 9.59 Å². The van der Waals surface area contributed by atoms with Crippen LogP contribution in [0.2, 0.25) is 0 Å². The van der Waals surface area contributed by atoms with Crippen molar-refractivity contribution in [1.82, 2.24) is 15.1 Å². The van der Waals surface area contributed by atoms with E-state index in [0.29, 0.717) is 6.54 Å². The molecule has 2 amide bonds. The van der Waals surface area contributed by atoms with E-state index >= 15 is 0 Å². The molecule has 6 heteroatoms. The van der Waals surface area contributed by atoms with Crippen LogP contribution in [-0.4, -0.2) is 55.5 Å². The number of morpholine rings is 1. The van der Waals surface area contributed by atoms with Gasteiger partial charge in [0, 0.05) is 20.1 Å². The van der Waals surface area contributed by atoms with Crippen molar-refractivity contribution in [2.75, 3.05) is 27.7 Å². The summed E-state index contributed by atoms with van der Waals surface area (Å²) >= 11 is 0. The molecule has 0 saturated carbocycles. The summed E-state index contributed by atoms with van der Waals surface area (Å²) in [4.78, 5) is 28.9. The molecule has 2 aromatic rings. The molecule has 0 aromatic heterocycles. The van der Waals surface area contributed by atoms with Crippen molar-refractivity contribution >= 4 is 11.8 Å². The Morgan fingerprint density at radius 1 is 1.14 bits per heavy atom. The van der Waals surface area contributed by atoms with Crippen LogP contribution in [0.5, 0.6) is 0 Å². The molecule has 1 N–H and O–H groups in total. The number of hydrogen-bond acceptors (Lipinski definition) is 4. The predicted octanol–water partition coefficient (Wildman–Crippen LogP) is 2.27. The summed E-state index contributed by atoms with van der Waals surface area (Å²) in [5, 5.41) is 2.97. The van der Waals surface area contributed by atoms with Gasteiger partial charge in [-0.05, 0) is 43.3 Å². The van der Waals surface area contributed by atoms with Gasteiger partial charge in [0.05, 0.1) is 6.04 Å². The monoisotopic (exact) mass is 395 g/mol. The molecule has 0 aliphatic carbocycles. The quantitative estimate of drug-likeness (QED) is 0.815. The average Bonchev–Trinajstić information content (AvgIpc) is 2.69. The second-order valence-electron chi connectivity index (χ2n) is 7.81. The van der Waals surface area contributed by atoms with Crippen molar-refractivity contribution in [2.24, 2.45) is 0 Å². The Bertz CT molecular complexity index is 864. The minimum atomic E-state index is -0.744. The molecule has 3 rings (SSSR count). The van der Waals surface area contributed by atoms with Gasteiger partial charge >= 0.3 is 0 Å². The standard InChI is InChI=1S/C23H29N3O3/c1-16-7-5-6-8-19(16)21-22(29-15-20(27)26(21)4)23(28)24-13-17-9-11-18(12-10-17)14-25(2)3/h5-12,21-22H,13-15H2,1-4H3,(H,24,28)/t21-,22+/m1/s1. The number of nitrogens with one attached hydrogen (secondary N) is 1. The average molecular weight is 396 g/mol. The van der Waals surface area contributed by atoms with E-state index in [1.54, 1.807) is 11.9 Å². The minimum absolute atomic E-state index is 0.0871. The van der Waals surface area contributed by atoms with Crippen LogP contribution in [0.1, 0.15) is 28.3 Å². The lowest BCUT2D eigenvalue weighted by Crippen LogP contribution is -2.53. The van der Waals surface area contributed by atoms with E-state index in [0.717, 1.165) is 23.2 Å². The maximum absolute atomic E-state index is 13.0. The van der Waals surface area contributed by atoms with Crippen LogP contribution in [0.4, 0.5) is 0 Å². The van der Waals surface area contributed by atoms with Crippen LogP contribution in [-0.2, 0) is 27.4 Å². The largest absolute Gasteiger partial charge is 0.356 e. The number of likely N-dealkylation sites (N-methyl/N-ethyl adjacent to an activating group) is 1. The molecule has 0 bridgehead atoms. The van der Waals surface area contributed by atoms with Crippen LogP contribution in [0.15, 0.2) is 48.5 Å². The number of ether oxygens (including phenoxy) is 1. The fourth-order valence-electron chi connectivity index (χ4n) is 3.64. The van der Waals surface area contributed by atoms with E-state index in [-0.39, 0.29) is 18.4 Å². The summed E-state index contributed by atoms with van der Waals surface area (Å²) in [7, 11) is 5.79. The van der Waals surface area contributed by atoms with E-state index in [1.165, 1.54) is 5.56 Å². The first-order chi connectivity index (χ1) is 13.9. The summed E-state index contributed by atoms with van der Waals surface area (Å²) in [6.45, 7) is 3.18. The Morgan fingerprint density at radius 2 is 1.79 bits per heavy atom. The molecule has 1 saturated heterocycles. The smallest absolute Gasteiger partial charge is 0.251 e. The topological polar surface area (TPSA) is 61.9 Å². The van der Waals surface area contributed by atoms with E-state index in [2.05, 4.69) is 22.3 Å². The molecule has 1 heterocycles. The summed E-state index contributed by atoms with van der Waals surface area (Å²) < 4.78 is 5.69. The molecule has 0 spiro atoms. The highest BCUT2D eigenvalue weighted by molar-refractivity contribution is 5.86. The highest BCUT2D eigenvalue weighted by atomic mass is 16.5. The normalized spacial score (nSPS) is 19.5. The number of hydrogen-bond donors (Lipinski definition) is 1. The highest BCUT2D eigenvalue weighted by Crippen LogP contribution is 2.31. The van der Waals surface area contributed by atoms with Crippen molar-refractivity contribution in [1.29, 1.82) is 0 Å². The van der Waals surface area contributed by atoms with Crippen LogP contribution >= 0.6 is 0 Å². The molecule has 0 unspecified atom stereocenters. The first-order valence-electron chi connectivity index (χ1n) is 9.80. The highest BCUT2D eigenvalue weighted by Gasteiger charge is 2.40. The van der Waals surface area contributed by atoms with Gasteiger partial charge in [-0.15, -0.1) is 0 Å². The Hall–Kier alpha value is -2.70. The number of carbonyl (C=O) groups excluding carboxylic acids is 2. The third-order valence-corrected chi connectivity index (χ3v) is 5.24. The number of benzene rings is 2. The van der Waals surface area contributed by atoms with Crippen molar-refractivity contribution in [3.8, 4) is 0 Å². The number of aryl methyl sites for hydroxylation is 1. The summed E-state index contributed by atoms with van der Waals surface area (Å²) in [6, 6.07) is 15.5. The van der Waals surface area contributed by atoms with Gasteiger partial charge in [0.15, 0.2) is 6.10 Å². The fourth-order valence-corrected chi connectivity index (χ4v) is 3.64. The first kappa shape index (κ1) is 21.0. The van der Waals surface area contributed by atoms with E-state index < -0.39 is 12.1 Å². The zero-order chi connectivity index (χ0) is 21.0. The number of rotatable bonds is 6. The molecule has 154 valence electrons. The molecule has 2 atom stereocenters. The van der Waals surface area contributed by atoms with Gasteiger partial charge in [-0.3, -0.25) is 9.59 Å². The van der Waals surface area contributed by atoms with Gasteiger partial charge in [0.1, 0.15) is 6.61 Å². The lowest BCUT2D eigenvalue weighted by atomic mass is 9.94. The van der Waals surface area contributed by atoms with Crippen molar-refractivity contribution in [2.45, 2.75) is 32.2 Å². The summed E-state index contributed by atoms with van der Waals surface area (Å²) in [6.07, 6.45) is -0.744. The van der Waals surface area contributed by atoms with Gasteiger partial charge in [0.2, 0.25) is 5.91 Å². The van der Waals surface area contributed by atoms with Crippen molar-refractivity contribution < 1.29 is 14.3 Å². The lowest BCUT2D eigenvalue weighted by molar-refractivity contribution is -0.162. The maximum atomic E-state index is 13.0. The molecule has 2 aromatic carbocycles. The molecular weight excluding hydrogens is 366 g/mol. The van der Waals surface area contributed by atoms with Gasteiger partial charge in [0.25, 0.3) is 5.91 Å². The molecule has 1 aliphatic heterocycles. The summed E-state index contributed by atoms with van der Waals surface area (Å²) in [5.41, 5.74) is 4.20. The molecule has 6 nitrogen and oxygen atoms in total. The molecular formula is C23H29N3O3. The lowest BCUT2D eigenvalue weighted by Gasteiger charge is -2.38. The van der Waals surface area contributed by atoms with Crippen molar-refractivity contribution in [3.05, 3.63) is 70.8 Å². The van der Waals surface area contributed by atoms with Crippen LogP contribution in [0.3, 0.4) is 0 Å².